The van der Waals surface area contributed by atoms with Gasteiger partial charge < -0.3 is 15.6 Å². The quantitative estimate of drug-likeness (QED) is 0.668. The van der Waals surface area contributed by atoms with Gasteiger partial charge in [0.2, 0.25) is 0 Å². The van der Waals surface area contributed by atoms with Crippen LogP contribution in [-0.4, -0.2) is 40.4 Å². The fraction of sp³-hybridized carbons (Fsp3) is 0.583. The molecule has 0 saturated heterocycles. The molecule has 0 aliphatic rings. The maximum Gasteiger partial charge on any atom is 0.326 e. The second-order valence-electron chi connectivity index (χ2n) is 4.92. The Balaban J connectivity index is 2.72. The summed E-state index contributed by atoms with van der Waals surface area (Å²) in [5.74, 6) is -0.0676. The molecule has 1 aromatic heterocycles. The fourth-order valence-electron chi connectivity index (χ4n) is 1.57. The third kappa shape index (κ3) is 4.36. The lowest BCUT2D eigenvalue weighted by Gasteiger charge is -2.21. The lowest BCUT2D eigenvalue weighted by atomic mass is 10.0. The Morgan fingerprint density at radius 1 is 1.37 bits per heavy atom. The molecule has 7 nitrogen and oxygen atoms in total. The van der Waals surface area contributed by atoms with Crippen LogP contribution >= 0.6 is 0 Å². The maximum atomic E-state index is 12.0. The number of hydrogen-bond acceptors (Lipinski definition) is 4. The van der Waals surface area contributed by atoms with E-state index in [1.807, 2.05) is 18.8 Å². The SMILES string of the molecule is CC(C)C(N)CCN(C)C(=O)c1cc(=O)[nH]c(=O)[nH]1. The van der Waals surface area contributed by atoms with Gasteiger partial charge in [0, 0.05) is 25.7 Å². The monoisotopic (exact) mass is 268 g/mol. The number of rotatable bonds is 5. The van der Waals surface area contributed by atoms with Gasteiger partial charge in [0.15, 0.2) is 0 Å². The summed E-state index contributed by atoms with van der Waals surface area (Å²) in [6.45, 7) is 4.49. The molecule has 7 heteroatoms. The van der Waals surface area contributed by atoms with E-state index in [4.69, 9.17) is 5.73 Å². The van der Waals surface area contributed by atoms with E-state index in [0.29, 0.717) is 18.9 Å². The van der Waals surface area contributed by atoms with Gasteiger partial charge in [-0.1, -0.05) is 13.8 Å². The van der Waals surface area contributed by atoms with E-state index in [1.165, 1.54) is 4.90 Å². The van der Waals surface area contributed by atoms with Crippen LogP contribution in [0, 0.1) is 5.92 Å². The van der Waals surface area contributed by atoms with Crippen molar-refractivity contribution in [1.29, 1.82) is 0 Å². The number of amides is 1. The fourth-order valence-corrected chi connectivity index (χ4v) is 1.57. The molecule has 1 rings (SSSR count). The molecule has 0 fully saturated rings. The number of nitrogens with one attached hydrogen (secondary N) is 2. The van der Waals surface area contributed by atoms with Gasteiger partial charge in [0.05, 0.1) is 0 Å². The third-order valence-corrected chi connectivity index (χ3v) is 2.99. The normalized spacial score (nSPS) is 12.5. The molecule has 1 atom stereocenters. The van der Waals surface area contributed by atoms with Gasteiger partial charge in [0.25, 0.3) is 11.5 Å². The maximum absolute atomic E-state index is 12.0. The standard InChI is InChI=1S/C12H20N4O3/c1-7(2)8(13)4-5-16(3)11(18)9-6-10(17)15-12(19)14-9/h6-8H,4-5,13H2,1-3H3,(H2,14,15,17,19). The summed E-state index contributed by atoms with van der Waals surface area (Å²) < 4.78 is 0. The Morgan fingerprint density at radius 3 is 2.53 bits per heavy atom. The molecule has 0 spiro atoms. The van der Waals surface area contributed by atoms with E-state index in [9.17, 15) is 14.4 Å². The summed E-state index contributed by atoms with van der Waals surface area (Å²) in [5, 5.41) is 0. The molecule has 1 unspecified atom stereocenters. The van der Waals surface area contributed by atoms with E-state index in [1.54, 1.807) is 7.05 Å². The number of aromatic nitrogens is 2. The molecule has 0 aliphatic heterocycles. The highest BCUT2D eigenvalue weighted by Gasteiger charge is 2.15. The molecule has 0 aromatic carbocycles. The number of H-pyrrole nitrogens is 2. The van der Waals surface area contributed by atoms with Crippen molar-refractivity contribution in [3.63, 3.8) is 0 Å². The van der Waals surface area contributed by atoms with Gasteiger partial charge >= 0.3 is 5.69 Å². The van der Waals surface area contributed by atoms with E-state index < -0.39 is 17.2 Å². The molecule has 1 heterocycles. The summed E-state index contributed by atoms with van der Waals surface area (Å²) in [6.07, 6.45) is 0.660. The van der Waals surface area contributed by atoms with Crippen LogP contribution in [0.5, 0.6) is 0 Å². The second kappa shape index (κ2) is 6.33. The zero-order chi connectivity index (χ0) is 14.6. The Morgan fingerprint density at radius 2 is 2.00 bits per heavy atom. The molecule has 0 aliphatic carbocycles. The first-order chi connectivity index (χ1) is 8.81. The highest BCUT2D eigenvalue weighted by molar-refractivity contribution is 5.91. The van der Waals surface area contributed by atoms with E-state index in [2.05, 4.69) is 4.98 Å². The van der Waals surface area contributed by atoms with Crippen molar-refractivity contribution in [3.05, 3.63) is 32.6 Å². The van der Waals surface area contributed by atoms with Crippen LogP contribution in [0.25, 0.3) is 0 Å². The molecule has 106 valence electrons. The summed E-state index contributed by atoms with van der Waals surface area (Å²) in [5.41, 5.74) is 4.59. The van der Waals surface area contributed by atoms with Crippen molar-refractivity contribution >= 4 is 5.91 Å². The zero-order valence-electron chi connectivity index (χ0n) is 11.4. The summed E-state index contributed by atoms with van der Waals surface area (Å²) >= 11 is 0. The smallest absolute Gasteiger partial charge is 0.326 e. The topological polar surface area (TPSA) is 112 Å². The molecule has 19 heavy (non-hydrogen) atoms. The van der Waals surface area contributed by atoms with Crippen molar-refractivity contribution in [2.45, 2.75) is 26.3 Å². The molecule has 4 N–H and O–H groups in total. The first-order valence-corrected chi connectivity index (χ1v) is 6.16. The minimum Gasteiger partial charge on any atom is -0.340 e. The zero-order valence-corrected chi connectivity index (χ0v) is 11.4. The first-order valence-electron chi connectivity index (χ1n) is 6.16. The van der Waals surface area contributed by atoms with Gasteiger partial charge in [-0.15, -0.1) is 0 Å². The summed E-state index contributed by atoms with van der Waals surface area (Å²) in [7, 11) is 1.61. The predicted octanol–water partition coefficient (Wildman–Crippen LogP) is -0.491. The third-order valence-electron chi connectivity index (χ3n) is 2.99. The number of nitrogens with zero attached hydrogens (tertiary/aromatic N) is 1. The lowest BCUT2D eigenvalue weighted by molar-refractivity contribution is 0.0782. The molecular weight excluding hydrogens is 248 g/mol. The van der Waals surface area contributed by atoms with Crippen molar-refractivity contribution < 1.29 is 4.79 Å². The minimum absolute atomic E-state index is 0.00785. The lowest BCUT2D eigenvalue weighted by Crippen LogP contribution is -2.36. The van der Waals surface area contributed by atoms with Crippen molar-refractivity contribution in [1.82, 2.24) is 14.9 Å². The highest BCUT2D eigenvalue weighted by Crippen LogP contribution is 2.05. The highest BCUT2D eigenvalue weighted by atomic mass is 16.2. The van der Waals surface area contributed by atoms with Gasteiger partial charge in [-0.2, -0.15) is 0 Å². The summed E-state index contributed by atoms with van der Waals surface area (Å²) in [6, 6.07) is 1.08. The van der Waals surface area contributed by atoms with Crippen LogP contribution in [0.4, 0.5) is 0 Å². The average molecular weight is 268 g/mol. The van der Waals surface area contributed by atoms with Gasteiger partial charge in [-0.3, -0.25) is 14.6 Å². The molecule has 0 saturated carbocycles. The Kier molecular flexibility index (Phi) is 5.05. The van der Waals surface area contributed by atoms with Crippen molar-refractivity contribution in [3.8, 4) is 0 Å². The molecule has 0 radical (unpaired) electrons. The van der Waals surface area contributed by atoms with Gasteiger partial charge in [-0.05, 0) is 12.3 Å². The molecule has 1 amide bonds. The van der Waals surface area contributed by atoms with Crippen LogP contribution < -0.4 is 17.0 Å². The van der Waals surface area contributed by atoms with Gasteiger partial charge in [-0.25, -0.2) is 4.79 Å². The Bertz CT molecular complexity index is 518. The van der Waals surface area contributed by atoms with Gasteiger partial charge in [0.1, 0.15) is 5.69 Å². The molecule has 0 bridgehead atoms. The number of nitrogens with two attached hydrogens (primary N) is 1. The Labute approximate surface area is 110 Å². The van der Waals surface area contributed by atoms with Crippen LogP contribution in [0.1, 0.15) is 30.8 Å². The number of aromatic amines is 2. The van der Waals surface area contributed by atoms with Crippen LogP contribution in [-0.2, 0) is 0 Å². The second-order valence-corrected chi connectivity index (χ2v) is 4.92. The van der Waals surface area contributed by atoms with E-state index in [-0.39, 0.29) is 11.7 Å². The van der Waals surface area contributed by atoms with Crippen LogP contribution in [0.3, 0.4) is 0 Å². The minimum atomic E-state index is -0.692. The molecular formula is C12H20N4O3. The predicted molar refractivity (Wildman–Crippen MR) is 72.1 cm³/mol. The largest absolute Gasteiger partial charge is 0.340 e. The van der Waals surface area contributed by atoms with Crippen molar-refractivity contribution in [2.24, 2.45) is 11.7 Å². The van der Waals surface area contributed by atoms with Crippen LogP contribution in [0.2, 0.25) is 0 Å². The number of carbonyl (C=O) groups excluding carboxylic acids is 1. The number of carbonyl (C=O) groups is 1. The Hall–Kier alpha value is -1.89. The summed E-state index contributed by atoms with van der Waals surface area (Å²) in [4.78, 5) is 40.0. The van der Waals surface area contributed by atoms with Crippen LogP contribution in [0.15, 0.2) is 15.7 Å². The molecule has 1 aromatic rings. The van der Waals surface area contributed by atoms with E-state index >= 15 is 0 Å². The number of hydrogen-bond donors (Lipinski definition) is 3. The average Bonchev–Trinajstić information content (AvgIpc) is 2.33. The van der Waals surface area contributed by atoms with Crippen molar-refractivity contribution in [2.75, 3.05) is 13.6 Å². The van der Waals surface area contributed by atoms with E-state index in [0.717, 1.165) is 6.07 Å². The first kappa shape index (κ1) is 15.2.